The molecule has 1 aromatic heterocycles. The summed E-state index contributed by atoms with van der Waals surface area (Å²) in [6.45, 7) is -0.957. The zero-order valence-corrected chi connectivity index (χ0v) is 16.4. The lowest BCUT2D eigenvalue weighted by Gasteiger charge is -2.18. The molecule has 5 unspecified atom stereocenters. The Morgan fingerprint density at radius 3 is 2.38 bits per heavy atom. The molecule has 2 heterocycles. The molecule has 1 aliphatic rings. The molecule has 0 amide bonds. The number of aromatic nitrogens is 2. The van der Waals surface area contributed by atoms with Crippen LogP contribution in [0.15, 0.2) is 15.8 Å². The fourth-order valence-corrected chi connectivity index (χ4v) is 5.23. The Kier molecular flexibility index (Phi) is 7.15. The number of phosphoric acid groups is 3. The molecule has 20 heteroatoms. The van der Waals surface area contributed by atoms with Crippen molar-refractivity contribution in [1.82, 2.24) is 9.55 Å². The third kappa shape index (κ3) is 6.98. The summed E-state index contributed by atoms with van der Waals surface area (Å²) >= 11 is 0. The van der Waals surface area contributed by atoms with Gasteiger partial charge in [0.2, 0.25) is 5.82 Å². The quantitative estimate of drug-likeness (QED) is 0.295. The molecule has 1 aliphatic heterocycles. The maximum absolute atomic E-state index is 14.1. The molecule has 1 saturated heterocycles. The zero-order chi connectivity index (χ0) is 22.2. The van der Waals surface area contributed by atoms with Crippen molar-refractivity contribution in [2.45, 2.75) is 24.9 Å². The minimum Gasteiger partial charge on any atom is -0.349 e. The predicted octanol–water partition coefficient (Wildman–Crippen LogP) is -0.355. The molecule has 29 heavy (non-hydrogen) atoms. The van der Waals surface area contributed by atoms with Crippen molar-refractivity contribution in [3.05, 3.63) is 32.9 Å². The van der Waals surface area contributed by atoms with Gasteiger partial charge in [0, 0.05) is 6.42 Å². The zero-order valence-electron chi connectivity index (χ0n) is 13.7. The second-order valence-corrected chi connectivity index (χ2v) is 9.85. The van der Waals surface area contributed by atoms with E-state index in [-0.39, 0.29) is 0 Å². The van der Waals surface area contributed by atoms with Crippen molar-refractivity contribution in [1.29, 1.82) is 0 Å². The molecular weight excluding hydrogens is 475 g/mol. The summed E-state index contributed by atoms with van der Waals surface area (Å²) in [5, 5.41) is 0. The highest BCUT2D eigenvalue weighted by Gasteiger charge is 2.43. The summed E-state index contributed by atoms with van der Waals surface area (Å²) < 4.78 is 77.4. The smallest absolute Gasteiger partial charge is 0.349 e. The van der Waals surface area contributed by atoms with Crippen molar-refractivity contribution < 1.29 is 59.9 Å². The fraction of sp³-hybridized carbons (Fsp3) is 0.556. The Hall–Kier alpha value is -1.09. The first-order chi connectivity index (χ1) is 13.1. The number of alkyl halides is 1. The van der Waals surface area contributed by atoms with Gasteiger partial charge in [-0.3, -0.25) is 18.9 Å². The maximum Gasteiger partial charge on any atom is 0.490 e. The molecule has 15 nitrogen and oxygen atoms in total. The van der Waals surface area contributed by atoms with E-state index in [0.29, 0.717) is 10.8 Å². The van der Waals surface area contributed by atoms with Gasteiger partial charge in [0.05, 0.1) is 18.9 Å². The molecule has 0 spiro atoms. The third-order valence-corrected chi connectivity index (χ3v) is 6.97. The van der Waals surface area contributed by atoms with E-state index in [1.54, 1.807) is 4.98 Å². The maximum atomic E-state index is 14.1. The molecule has 5 N–H and O–H groups in total. The Morgan fingerprint density at radius 1 is 1.17 bits per heavy atom. The summed E-state index contributed by atoms with van der Waals surface area (Å²) in [5.41, 5.74) is -2.54. The van der Waals surface area contributed by atoms with Crippen LogP contribution in [0, 0.1) is 5.82 Å². The van der Waals surface area contributed by atoms with Crippen molar-refractivity contribution in [3.63, 3.8) is 0 Å². The summed E-state index contributed by atoms with van der Waals surface area (Å²) in [7, 11) is -16.7. The molecule has 5 atom stereocenters. The number of aromatic amines is 1. The van der Waals surface area contributed by atoms with E-state index in [1.165, 1.54) is 0 Å². The topological polar surface area (TPSA) is 224 Å². The minimum absolute atomic E-state index is 0.392. The van der Waals surface area contributed by atoms with E-state index >= 15 is 0 Å². The Balaban J connectivity index is 2.02. The van der Waals surface area contributed by atoms with Crippen LogP contribution in [-0.2, 0) is 31.6 Å². The number of nitrogens with zero attached hydrogens (tertiary/aromatic N) is 1. The number of hydrogen-bond donors (Lipinski definition) is 5. The van der Waals surface area contributed by atoms with Crippen molar-refractivity contribution in [2.75, 3.05) is 6.61 Å². The molecule has 0 aromatic carbocycles. The van der Waals surface area contributed by atoms with E-state index in [4.69, 9.17) is 19.4 Å². The van der Waals surface area contributed by atoms with Gasteiger partial charge in [-0.15, -0.1) is 0 Å². The first kappa shape index (κ1) is 24.2. The normalized spacial score (nSPS) is 26.8. The molecule has 166 valence electrons. The van der Waals surface area contributed by atoms with Crippen molar-refractivity contribution in [2.24, 2.45) is 0 Å². The van der Waals surface area contributed by atoms with Crippen LogP contribution in [0.25, 0.3) is 0 Å². The predicted molar refractivity (Wildman–Crippen MR) is 84.5 cm³/mol. The van der Waals surface area contributed by atoms with Crippen LogP contribution in [0.2, 0.25) is 0 Å². The highest BCUT2D eigenvalue weighted by atomic mass is 31.3. The number of hydrogen-bond acceptors (Lipinski definition) is 9. The Labute approximate surface area is 158 Å². The lowest BCUT2D eigenvalue weighted by molar-refractivity contribution is -0.0393. The molecule has 1 fully saturated rings. The molecule has 1 aromatic rings. The van der Waals surface area contributed by atoms with Gasteiger partial charge in [-0.05, 0) is 0 Å². The SMILES string of the molecule is O=c1[nH]c(=O)n(C2OC(COP(=O)(O)OP(=O)(O)OP(=O)(O)O)CC2F)cc1F. The Bertz CT molecular complexity index is 1020. The van der Waals surface area contributed by atoms with Crippen molar-refractivity contribution >= 4 is 23.5 Å². The second kappa shape index (κ2) is 8.57. The van der Waals surface area contributed by atoms with Crippen LogP contribution < -0.4 is 11.2 Å². The van der Waals surface area contributed by atoms with Gasteiger partial charge < -0.3 is 24.3 Å². The van der Waals surface area contributed by atoms with Gasteiger partial charge in [-0.2, -0.15) is 13.0 Å². The summed E-state index contributed by atoms with van der Waals surface area (Å²) in [6, 6.07) is 0. The van der Waals surface area contributed by atoms with Crippen molar-refractivity contribution in [3.8, 4) is 0 Å². The first-order valence-electron chi connectivity index (χ1n) is 7.17. The highest BCUT2D eigenvalue weighted by molar-refractivity contribution is 7.66. The largest absolute Gasteiger partial charge is 0.490 e. The lowest BCUT2D eigenvalue weighted by atomic mass is 10.2. The van der Waals surface area contributed by atoms with E-state index in [1.807, 2.05) is 0 Å². The molecule has 0 aliphatic carbocycles. The number of halogens is 2. The van der Waals surface area contributed by atoms with Crippen LogP contribution in [0.5, 0.6) is 0 Å². The van der Waals surface area contributed by atoms with E-state index in [2.05, 4.69) is 13.1 Å². The summed E-state index contributed by atoms with van der Waals surface area (Å²) in [5.74, 6) is -1.41. The lowest BCUT2D eigenvalue weighted by Crippen LogP contribution is -2.36. The van der Waals surface area contributed by atoms with Gasteiger partial charge in [0.25, 0.3) is 5.56 Å². The number of ether oxygens (including phenoxy) is 1. The van der Waals surface area contributed by atoms with Gasteiger partial charge in [-0.25, -0.2) is 22.9 Å². The summed E-state index contributed by atoms with van der Waals surface area (Å²) in [4.78, 5) is 59.3. The van der Waals surface area contributed by atoms with Crippen LogP contribution in [0.3, 0.4) is 0 Å². The Morgan fingerprint density at radius 2 is 1.79 bits per heavy atom. The average molecular weight is 488 g/mol. The standard InChI is InChI=1S/C9H13F2N2O13P3/c10-5-1-4(24-8(5)13-2-6(11)7(14)12-9(13)15)3-23-28(19,20)26-29(21,22)25-27(16,17)18/h2,4-5,8H,1,3H2,(H,19,20)(H,21,22)(H,12,14,15)(H2,16,17,18). The van der Waals surface area contributed by atoms with Crippen LogP contribution >= 0.6 is 23.5 Å². The highest BCUT2D eigenvalue weighted by Crippen LogP contribution is 2.66. The fourth-order valence-electron chi connectivity index (χ4n) is 2.18. The molecular formula is C9H13F2N2O13P3. The van der Waals surface area contributed by atoms with Crippen LogP contribution in [-0.4, -0.2) is 48.0 Å². The average Bonchev–Trinajstić information content (AvgIpc) is 2.86. The molecule has 0 saturated carbocycles. The monoisotopic (exact) mass is 488 g/mol. The van der Waals surface area contributed by atoms with E-state index < -0.39 is 72.1 Å². The minimum atomic E-state index is -5.72. The van der Waals surface area contributed by atoms with Gasteiger partial charge in [-0.1, -0.05) is 0 Å². The molecule has 0 radical (unpaired) electrons. The number of H-pyrrole nitrogens is 1. The van der Waals surface area contributed by atoms with Gasteiger partial charge in [0.1, 0.15) is 6.17 Å². The van der Waals surface area contributed by atoms with E-state index in [9.17, 15) is 37.0 Å². The summed E-state index contributed by atoms with van der Waals surface area (Å²) in [6.07, 6.45) is -5.19. The van der Waals surface area contributed by atoms with Crippen LogP contribution in [0.1, 0.15) is 12.6 Å². The second-order valence-electron chi connectivity index (χ2n) is 5.43. The van der Waals surface area contributed by atoms with E-state index in [0.717, 1.165) is 0 Å². The molecule has 2 rings (SSSR count). The third-order valence-electron chi connectivity index (χ3n) is 3.17. The number of rotatable bonds is 8. The number of nitrogens with one attached hydrogen (secondary N) is 1. The number of phosphoric ester groups is 1. The first-order valence-corrected chi connectivity index (χ1v) is 11.7. The van der Waals surface area contributed by atoms with Gasteiger partial charge >= 0.3 is 29.2 Å². The molecule has 0 bridgehead atoms. The van der Waals surface area contributed by atoms with Gasteiger partial charge in [0.15, 0.2) is 6.23 Å². The van der Waals surface area contributed by atoms with Crippen LogP contribution in [0.4, 0.5) is 8.78 Å².